The fourth-order valence-corrected chi connectivity index (χ4v) is 4.98. The van der Waals surface area contributed by atoms with Crippen molar-refractivity contribution in [3.05, 3.63) is 36.5 Å². The Labute approximate surface area is 300 Å². The summed E-state index contributed by atoms with van der Waals surface area (Å²) in [4.78, 5) is 36.9. The van der Waals surface area contributed by atoms with Crippen LogP contribution < -0.4 is 0 Å². The molecule has 0 aromatic carbocycles. The smallest absolute Gasteiger partial charge is 0.378 e. The van der Waals surface area contributed by atoms with E-state index >= 15 is 0 Å². The Balaban J connectivity index is 6.14. The minimum Gasteiger partial charge on any atom is -0.462 e. The summed E-state index contributed by atoms with van der Waals surface area (Å²) < 4.78 is 133. The Kier molecular flexibility index (Phi) is 21.0. The molecule has 0 bridgehead atoms. The van der Waals surface area contributed by atoms with Gasteiger partial charge in [-0.25, -0.2) is 14.4 Å². The van der Waals surface area contributed by atoms with Gasteiger partial charge in [0.05, 0.1) is 6.61 Å². The van der Waals surface area contributed by atoms with E-state index in [2.05, 4.69) is 19.7 Å². The molecule has 52 heavy (non-hydrogen) atoms. The number of carbonyl (C=O) groups is 3. The molecule has 0 aromatic rings. The summed E-state index contributed by atoms with van der Waals surface area (Å²) in [5.74, 6) is -27.8. The minimum atomic E-state index is -6.48. The van der Waals surface area contributed by atoms with Crippen LogP contribution in [0.5, 0.6) is 0 Å². The van der Waals surface area contributed by atoms with E-state index in [-0.39, 0.29) is 29.6 Å². The van der Waals surface area contributed by atoms with Crippen molar-refractivity contribution < 1.29 is 73.9 Å². The number of hydrogen-bond donors (Lipinski definition) is 2. The van der Waals surface area contributed by atoms with Crippen LogP contribution in [-0.2, 0) is 28.6 Å². The highest BCUT2D eigenvalue weighted by Gasteiger charge is 2.79. The van der Waals surface area contributed by atoms with Gasteiger partial charge in [0.1, 0.15) is 13.2 Å². The summed E-state index contributed by atoms with van der Waals surface area (Å²) >= 11 is 0. The molecule has 0 saturated heterocycles. The van der Waals surface area contributed by atoms with Crippen molar-refractivity contribution in [2.24, 2.45) is 11.3 Å². The first kappa shape index (κ1) is 49.0. The lowest BCUT2D eigenvalue weighted by atomic mass is 9.80. The van der Waals surface area contributed by atoms with Crippen molar-refractivity contribution in [2.75, 3.05) is 33.0 Å². The molecule has 0 aliphatic heterocycles. The SMILES string of the molecule is C=C(C)C(=O)OCC(CCCC(F)(F)C(F)(F)C(F)(F)C(F)(F)CCCCCCCCC)(CCOC(=O)C(=C)CC(CO)CO)COC(=O)C(=C)C. The molecule has 0 spiro atoms. The lowest BCUT2D eigenvalue weighted by Gasteiger charge is -2.38. The topological polar surface area (TPSA) is 119 Å². The first-order valence-electron chi connectivity index (χ1n) is 17.2. The van der Waals surface area contributed by atoms with Crippen molar-refractivity contribution in [3.63, 3.8) is 0 Å². The largest absolute Gasteiger partial charge is 0.462 e. The number of esters is 3. The normalized spacial score (nSPS) is 12.8. The number of rotatable bonds is 29. The molecule has 0 rings (SSSR count). The maximum atomic E-state index is 14.9. The van der Waals surface area contributed by atoms with Crippen LogP contribution in [0, 0.1) is 11.3 Å². The van der Waals surface area contributed by atoms with Gasteiger partial charge < -0.3 is 24.4 Å². The number of ether oxygens (including phenoxy) is 3. The van der Waals surface area contributed by atoms with E-state index in [0.717, 1.165) is 19.3 Å². The van der Waals surface area contributed by atoms with Crippen LogP contribution in [0.25, 0.3) is 0 Å². The molecule has 302 valence electrons. The van der Waals surface area contributed by atoms with Gasteiger partial charge in [-0.3, -0.25) is 0 Å². The Morgan fingerprint density at radius 1 is 0.596 bits per heavy atom. The van der Waals surface area contributed by atoms with Crippen LogP contribution >= 0.6 is 0 Å². The summed E-state index contributed by atoms with van der Waals surface area (Å²) in [6, 6.07) is 0. The molecule has 2 N–H and O–H groups in total. The van der Waals surface area contributed by atoms with Crippen LogP contribution in [0.1, 0.15) is 104 Å². The molecule has 0 fully saturated rings. The van der Waals surface area contributed by atoms with Gasteiger partial charge in [-0.05, 0) is 46.0 Å². The van der Waals surface area contributed by atoms with Gasteiger partial charge in [-0.1, -0.05) is 65.2 Å². The first-order chi connectivity index (χ1) is 24.0. The van der Waals surface area contributed by atoms with Crippen molar-refractivity contribution in [3.8, 4) is 0 Å². The zero-order chi connectivity index (χ0) is 40.4. The predicted octanol–water partition coefficient (Wildman–Crippen LogP) is 8.54. The second kappa shape index (κ2) is 22.3. The molecule has 0 heterocycles. The van der Waals surface area contributed by atoms with Crippen molar-refractivity contribution in [2.45, 2.75) is 128 Å². The molecule has 0 atom stereocenters. The van der Waals surface area contributed by atoms with Gasteiger partial charge in [-0.2, -0.15) is 35.1 Å². The summed E-state index contributed by atoms with van der Waals surface area (Å²) in [5, 5.41) is 18.5. The summed E-state index contributed by atoms with van der Waals surface area (Å²) in [6.45, 7) is 11.7. The van der Waals surface area contributed by atoms with Gasteiger partial charge in [0, 0.05) is 54.1 Å². The predicted molar refractivity (Wildman–Crippen MR) is 177 cm³/mol. The third kappa shape index (κ3) is 15.2. The molecule has 0 amide bonds. The highest BCUT2D eigenvalue weighted by Crippen LogP contribution is 2.55. The zero-order valence-corrected chi connectivity index (χ0v) is 30.3. The number of carbonyl (C=O) groups excluding carboxylic acids is 3. The average molecular weight is 767 g/mol. The second-order valence-electron chi connectivity index (χ2n) is 13.4. The highest BCUT2D eigenvalue weighted by molar-refractivity contribution is 5.88. The first-order valence-corrected chi connectivity index (χ1v) is 17.2. The van der Waals surface area contributed by atoms with Crippen LogP contribution in [0.15, 0.2) is 36.5 Å². The fourth-order valence-electron chi connectivity index (χ4n) is 4.98. The number of hydrogen-bond acceptors (Lipinski definition) is 8. The molecule has 8 nitrogen and oxygen atoms in total. The molecule has 0 unspecified atom stereocenters. The Morgan fingerprint density at radius 3 is 1.44 bits per heavy atom. The maximum absolute atomic E-state index is 14.9. The van der Waals surface area contributed by atoms with E-state index in [1.54, 1.807) is 0 Å². The zero-order valence-electron chi connectivity index (χ0n) is 30.3. The van der Waals surface area contributed by atoms with E-state index in [9.17, 15) is 59.7 Å². The van der Waals surface area contributed by atoms with Gasteiger partial charge in [0.2, 0.25) is 0 Å². The number of alkyl halides is 8. The highest BCUT2D eigenvalue weighted by atomic mass is 19.4. The quantitative estimate of drug-likeness (QED) is 0.0256. The molecule has 0 aromatic heterocycles. The number of halogens is 8. The number of aliphatic hydroxyl groups is 2. The lowest BCUT2D eigenvalue weighted by Crippen LogP contribution is -2.62. The van der Waals surface area contributed by atoms with E-state index in [0.29, 0.717) is 12.8 Å². The maximum Gasteiger partial charge on any atom is 0.378 e. The lowest BCUT2D eigenvalue weighted by molar-refractivity contribution is -0.368. The van der Waals surface area contributed by atoms with Crippen LogP contribution in [0.2, 0.25) is 0 Å². The third-order valence-corrected chi connectivity index (χ3v) is 8.53. The van der Waals surface area contributed by atoms with Gasteiger partial charge in [0.25, 0.3) is 0 Å². The van der Waals surface area contributed by atoms with Gasteiger partial charge in [0.15, 0.2) is 0 Å². The average Bonchev–Trinajstić information content (AvgIpc) is 3.07. The Bertz CT molecular complexity index is 1150. The van der Waals surface area contributed by atoms with Gasteiger partial charge in [-0.15, -0.1) is 0 Å². The van der Waals surface area contributed by atoms with Crippen LogP contribution in [-0.4, -0.2) is 84.8 Å². The Morgan fingerprint density at radius 2 is 1.02 bits per heavy atom. The molecule has 0 aliphatic carbocycles. The number of unbranched alkanes of at least 4 members (excludes halogenated alkanes) is 6. The fraction of sp³-hybridized carbons (Fsp3) is 0.750. The number of aliphatic hydroxyl groups excluding tert-OH is 2. The molecule has 0 radical (unpaired) electrons. The molecule has 0 saturated carbocycles. The Hall–Kier alpha value is -3.01. The van der Waals surface area contributed by atoms with Crippen molar-refractivity contribution >= 4 is 17.9 Å². The van der Waals surface area contributed by atoms with Crippen molar-refractivity contribution in [1.82, 2.24) is 0 Å². The molecule has 16 heteroatoms. The summed E-state index contributed by atoms with van der Waals surface area (Å²) in [6.07, 6.45) is -3.14. The molecular weight excluding hydrogens is 712 g/mol. The second-order valence-corrected chi connectivity index (χ2v) is 13.4. The minimum absolute atomic E-state index is 0.0284. The van der Waals surface area contributed by atoms with E-state index in [4.69, 9.17) is 14.2 Å². The summed E-state index contributed by atoms with van der Waals surface area (Å²) in [5.41, 5.74) is -2.19. The summed E-state index contributed by atoms with van der Waals surface area (Å²) in [7, 11) is 0. The van der Waals surface area contributed by atoms with E-state index < -0.39 is 124 Å². The van der Waals surface area contributed by atoms with E-state index in [1.165, 1.54) is 13.8 Å². The third-order valence-electron chi connectivity index (χ3n) is 8.53. The monoisotopic (exact) mass is 766 g/mol. The van der Waals surface area contributed by atoms with Crippen molar-refractivity contribution in [1.29, 1.82) is 0 Å². The molecule has 0 aliphatic rings. The van der Waals surface area contributed by atoms with Crippen LogP contribution in [0.4, 0.5) is 35.1 Å². The molecular formula is C36H54F8O8. The van der Waals surface area contributed by atoms with Crippen LogP contribution in [0.3, 0.4) is 0 Å². The van der Waals surface area contributed by atoms with E-state index in [1.807, 2.05) is 6.92 Å². The van der Waals surface area contributed by atoms with Gasteiger partial charge >= 0.3 is 41.6 Å². The standard InChI is InChI=1S/C36H54F8O8/c1-7-8-9-10-11-12-13-16-33(37,38)35(41,42)36(43,44)34(39,40)17-14-15-32(23-51-29(47)25(2)3,24-52-30(48)26(4)5)18-19-50-31(49)27(6)20-28(21-45)22-46/h28,45-46H,2,4,6-24H2,1,3,5H3.